The maximum Gasteiger partial charge on any atom is 0.246 e. The van der Waals surface area contributed by atoms with Gasteiger partial charge in [-0.05, 0) is 28.4 Å². The summed E-state index contributed by atoms with van der Waals surface area (Å²) >= 11 is 3.09. The van der Waals surface area contributed by atoms with Crippen LogP contribution in [0, 0.1) is 5.82 Å². The molecule has 0 fully saturated rings. The lowest BCUT2D eigenvalue weighted by Gasteiger charge is -2.26. The summed E-state index contributed by atoms with van der Waals surface area (Å²) in [7, 11) is 0. The van der Waals surface area contributed by atoms with Crippen molar-refractivity contribution in [3.63, 3.8) is 0 Å². The number of benzene rings is 1. The van der Waals surface area contributed by atoms with E-state index in [9.17, 15) is 9.18 Å². The van der Waals surface area contributed by atoms with Crippen LogP contribution in [-0.4, -0.2) is 11.9 Å². The number of carbonyl (C=O) groups is 1. The molecule has 1 aliphatic heterocycles. The van der Waals surface area contributed by atoms with Gasteiger partial charge in [0.15, 0.2) is 0 Å². The van der Waals surface area contributed by atoms with E-state index in [2.05, 4.69) is 26.6 Å². The van der Waals surface area contributed by atoms with Crippen molar-refractivity contribution in [2.24, 2.45) is 0 Å². The molecule has 0 saturated heterocycles. The molecule has 3 nitrogen and oxygen atoms in total. The van der Waals surface area contributed by atoms with E-state index in [1.54, 1.807) is 6.07 Å². The van der Waals surface area contributed by atoms with E-state index in [-0.39, 0.29) is 17.8 Å². The lowest BCUT2D eigenvalue weighted by molar-refractivity contribution is -0.117. The van der Waals surface area contributed by atoms with Crippen LogP contribution in [0.5, 0.6) is 0 Å². The number of amides is 1. The monoisotopic (exact) mass is 286 g/mol. The second-order valence-corrected chi connectivity index (χ2v) is 4.64. The normalized spacial score (nSPS) is 18.7. The lowest BCUT2D eigenvalue weighted by atomic mass is 10.1. The van der Waals surface area contributed by atoms with Crippen molar-refractivity contribution in [3.8, 4) is 0 Å². The first-order chi connectivity index (χ1) is 7.61. The highest BCUT2D eigenvalue weighted by molar-refractivity contribution is 9.10. The molecule has 1 atom stereocenters. The van der Waals surface area contributed by atoms with Gasteiger partial charge in [-0.25, -0.2) is 4.39 Å². The molecule has 5 heteroatoms. The number of hydrogen-bond acceptors (Lipinski definition) is 2. The molecule has 0 bridgehead atoms. The largest absolute Gasteiger partial charge is 0.372 e. The quantitative estimate of drug-likeness (QED) is 0.877. The fourth-order valence-corrected chi connectivity index (χ4v) is 2.08. The summed E-state index contributed by atoms with van der Waals surface area (Å²) < 4.78 is 13.7. The van der Waals surface area contributed by atoms with Crippen LogP contribution in [0.25, 0.3) is 0 Å². The van der Waals surface area contributed by atoms with E-state index in [1.165, 1.54) is 6.07 Å². The van der Waals surface area contributed by atoms with Gasteiger partial charge in [-0.2, -0.15) is 0 Å². The van der Waals surface area contributed by atoms with Crippen molar-refractivity contribution in [2.45, 2.75) is 25.8 Å². The average molecular weight is 287 g/mol. The molecule has 0 spiro atoms. The van der Waals surface area contributed by atoms with Gasteiger partial charge in [0, 0.05) is 6.07 Å². The first-order valence-electron chi connectivity index (χ1n) is 5.18. The summed E-state index contributed by atoms with van der Waals surface area (Å²) in [6.07, 6.45) is 1.64. The van der Waals surface area contributed by atoms with Crippen LogP contribution in [-0.2, 0) is 4.79 Å². The number of fused-ring (bicyclic) bond motifs is 1. The van der Waals surface area contributed by atoms with Crippen LogP contribution in [0.15, 0.2) is 16.6 Å². The Labute approximate surface area is 102 Å². The molecule has 0 radical (unpaired) electrons. The standard InChI is InChI=1S/C11H12BrFN2O/c1-2-3-8-11(16)15-9-4-6(12)7(13)5-10(9)14-8/h4-5,8,14H,2-3H2,1H3,(H,15,16). The summed E-state index contributed by atoms with van der Waals surface area (Å²) in [6.45, 7) is 2.01. The van der Waals surface area contributed by atoms with Crippen molar-refractivity contribution in [2.75, 3.05) is 10.6 Å². The molecule has 1 aromatic rings. The van der Waals surface area contributed by atoms with Crippen LogP contribution >= 0.6 is 15.9 Å². The number of hydrogen-bond donors (Lipinski definition) is 2. The number of anilines is 2. The maximum absolute atomic E-state index is 13.3. The Morgan fingerprint density at radius 3 is 2.88 bits per heavy atom. The van der Waals surface area contributed by atoms with Gasteiger partial charge in [0.1, 0.15) is 11.9 Å². The molecule has 0 aliphatic carbocycles. The summed E-state index contributed by atoms with van der Waals surface area (Å²) in [5.41, 5.74) is 1.25. The van der Waals surface area contributed by atoms with Gasteiger partial charge in [0.05, 0.1) is 15.8 Å². The maximum atomic E-state index is 13.3. The van der Waals surface area contributed by atoms with Crippen molar-refractivity contribution < 1.29 is 9.18 Å². The average Bonchev–Trinajstić information content (AvgIpc) is 2.23. The van der Waals surface area contributed by atoms with Gasteiger partial charge in [0.2, 0.25) is 5.91 Å². The molecule has 2 rings (SSSR count). The second kappa shape index (κ2) is 4.41. The Morgan fingerprint density at radius 1 is 1.44 bits per heavy atom. The summed E-state index contributed by atoms with van der Waals surface area (Å²) in [6, 6.07) is 2.69. The predicted octanol–water partition coefficient (Wildman–Crippen LogP) is 3.12. The second-order valence-electron chi connectivity index (χ2n) is 3.79. The molecule has 1 amide bonds. The molecule has 2 N–H and O–H groups in total. The van der Waals surface area contributed by atoms with E-state index in [0.29, 0.717) is 15.8 Å². The highest BCUT2D eigenvalue weighted by atomic mass is 79.9. The summed E-state index contributed by atoms with van der Waals surface area (Å²) in [5, 5.41) is 5.81. The van der Waals surface area contributed by atoms with Gasteiger partial charge in [-0.15, -0.1) is 0 Å². The Balaban J connectivity index is 2.32. The zero-order chi connectivity index (χ0) is 11.7. The van der Waals surface area contributed by atoms with Gasteiger partial charge in [-0.3, -0.25) is 4.79 Å². The molecule has 1 unspecified atom stereocenters. The highest BCUT2D eigenvalue weighted by Crippen LogP contribution is 2.32. The number of halogens is 2. The molecular weight excluding hydrogens is 275 g/mol. The van der Waals surface area contributed by atoms with Crippen molar-refractivity contribution in [1.29, 1.82) is 0 Å². The van der Waals surface area contributed by atoms with E-state index in [4.69, 9.17) is 0 Å². The third-order valence-electron chi connectivity index (χ3n) is 2.54. The summed E-state index contributed by atoms with van der Waals surface area (Å²) in [4.78, 5) is 11.7. The fourth-order valence-electron chi connectivity index (χ4n) is 1.73. The SMILES string of the molecule is CCCC1Nc2cc(F)c(Br)cc2NC1=O. The van der Waals surface area contributed by atoms with Crippen LogP contribution < -0.4 is 10.6 Å². The summed E-state index contributed by atoms with van der Waals surface area (Å²) in [5.74, 6) is -0.398. The number of nitrogens with one attached hydrogen (secondary N) is 2. The molecule has 0 saturated carbocycles. The van der Waals surface area contributed by atoms with Crippen molar-refractivity contribution >= 4 is 33.2 Å². The van der Waals surface area contributed by atoms with Crippen LogP contribution in [0.3, 0.4) is 0 Å². The third-order valence-corrected chi connectivity index (χ3v) is 3.15. The van der Waals surface area contributed by atoms with Gasteiger partial charge >= 0.3 is 0 Å². The zero-order valence-electron chi connectivity index (χ0n) is 8.81. The minimum atomic E-state index is -0.336. The van der Waals surface area contributed by atoms with Crippen molar-refractivity contribution in [1.82, 2.24) is 0 Å². The predicted molar refractivity (Wildman–Crippen MR) is 65.0 cm³/mol. The fraction of sp³-hybridized carbons (Fsp3) is 0.364. The van der Waals surface area contributed by atoms with E-state index < -0.39 is 0 Å². The molecule has 1 aliphatic rings. The minimum Gasteiger partial charge on any atom is -0.372 e. The topological polar surface area (TPSA) is 41.1 Å². The van der Waals surface area contributed by atoms with Crippen LogP contribution in [0.1, 0.15) is 19.8 Å². The lowest BCUT2D eigenvalue weighted by Crippen LogP contribution is -2.38. The molecule has 1 aromatic carbocycles. The molecule has 1 heterocycles. The highest BCUT2D eigenvalue weighted by Gasteiger charge is 2.25. The van der Waals surface area contributed by atoms with Gasteiger partial charge < -0.3 is 10.6 Å². The van der Waals surface area contributed by atoms with Crippen LogP contribution in [0.2, 0.25) is 0 Å². The Bertz CT molecular complexity index is 436. The van der Waals surface area contributed by atoms with E-state index in [1.807, 2.05) is 6.92 Å². The van der Waals surface area contributed by atoms with E-state index in [0.717, 1.165) is 12.8 Å². The van der Waals surface area contributed by atoms with Gasteiger partial charge in [0.25, 0.3) is 0 Å². The third kappa shape index (κ3) is 2.04. The Morgan fingerprint density at radius 2 is 2.19 bits per heavy atom. The van der Waals surface area contributed by atoms with Gasteiger partial charge in [-0.1, -0.05) is 13.3 Å². The van der Waals surface area contributed by atoms with E-state index >= 15 is 0 Å². The smallest absolute Gasteiger partial charge is 0.246 e. The first-order valence-corrected chi connectivity index (χ1v) is 5.97. The van der Waals surface area contributed by atoms with Crippen molar-refractivity contribution in [3.05, 3.63) is 22.4 Å². The molecule has 86 valence electrons. The Kier molecular flexibility index (Phi) is 3.14. The Hall–Kier alpha value is -1.10. The minimum absolute atomic E-state index is 0.0622. The number of carbonyl (C=O) groups excluding carboxylic acids is 1. The zero-order valence-corrected chi connectivity index (χ0v) is 10.4. The number of rotatable bonds is 2. The first kappa shape index (κ1) is 11.4. The molecular formula is C11H12BrFN2O. The molecule has 16 heavy (non-hydrogen) atoms. The molecule has 0 aromatic heterocycles. The van der Waals surface area contributed by atoms with Crippen LogP contribution in [0.4, 0.5) is 15.8 Å².